The summed E-state index contributed by atoms with van der Waals surface area (Å²) in [6, 6.07) is 5.57. The highest BCUT2D eigenvalue weighted by molar-refractivity contribution is 5.98. The Hall–Kier alpha value is -2.04. The van der Waals surface area contributed by atoms with Crippen LogP contribution >= 0.6 is 0 Å². The van der Waals surface area contributed by atoms with Crippen molar-refractivity contribution in [2.75, 3.05) is 22.5 Å². The lowest BCUT2D eigenvalue weighted by Gasteiger charge is -2.23. The first kappa shape index (κ1) is 22.0. The van der Waals surface area contributed by atoms with Gasteiger partial charge in [-0.15, -0.1) is 0 Å². The van der Waals surface area contributed by atoms with Gasteiger partial charge in [0.1, 0.15) is 0 Å². The third kappa shape index (κ3) is 7.46. The third-order valence-corrected chi connectivity index (χ3v) is 3.63. The van der Waals surface area contributed by atoms with Crippen molar-refractivity contribution in [3.05, 3.63) is 18.2 Å². The second-order valence-corrected chi connectivity index (χ2v) is 10.1. The Balaban J connectivity index is 3.13. The molecule has 0 spiro atoms. The maximum absolute atomic E-state index is 12.3. The minimum absolute atomic E-state index is 0.0708. The highest BCUT2D eigenvalue weighted by Crippen LogP contribution is 2.27. The van der Waals surface area contributed by atoms with Gasteiger partial charge in [-0.3, -0.25) is 9.59 Å². The molecule has 0 unspecified atom stereocenters. The van der Waals surface area contributed by atoms with Gasteiger partial charge in [0.15, 0.2) is 0 Å². The lowest BCUT2D eigenvalue weighted by Crippen LogP contribution is -2.29. The van der Waals surface area contributed by atoms with E-state index in [1.807, 2.05) is 53.7 Å². The Morgan fingerprint density at radius 2 is 1.04 bits per heavy atom. The lowest BCUT2D eigenvalue weighted by atomic mass is 9.95. The molecule has 0 bridgehead atoms. The molecular formula is C21H35N3O2. The molecule has 5 nitrogen and oxygen atoms in total. The van der Waals surface area contributed by atoms with E-state index in [1.54, 1.807) is 6.07 Å². The quantitative estimate of drug-likeness (QED) is 0.697. The molecule has 0 aromatic heterocycles. The number of carbonyl (C=O) groups excluding carboxylic acids is 2. The molecule has 0 saturated heterocycles. The molecule has 0 heterocycles. The number of nitrogens with one attached hydrogen (secondary N) is 3. The molecule has 0 atom stereocenters. The first-order valence-electron chi connectivity index (χ1n) is 9.10. The standard InChI is InChI=1S/C21H35N3O2/c1-19(2,3)13-22-14-10-15(23-17(25)20(4,5)6)12-16(11-14)24-18(26)21(7,8)9/h10-12,22H,13H2,1-9H3,(H,23,25)(H,24,26). The van der Waals surface area contributed by atoms with Crippen molar-refractivity contribution in [2.45, 2.75) is 62.3 Å². The van der Waals surface area contributed by atoms with E-state index in [1.165, 1.54) is 0 Å². The molecule has 0 fully saturated rings. The average Bonchev–Trinajstić information content (AvgIpc) is 2.42. The van der Waals surface area contributed by atoms with Gasteiger partial charge < -0.3 is 16.0 Å². The molecule has 1 aromatic rings. The van der Waals surface area contributed by atoms with Gasteiger partial charge in [0.25, 0.3) is 0 Å². The maximum Gasteiger partial charge on any atom is 0.229 e. The predicted octanol–water partition coefficient (Wildman–Crippen LogP) is 5.11. The SMILES string of the molecule is CC(C)(C)CNc1cc(NC(=O)C(C)(C)C)cc(NC(=O)C(C)(C)C)c1. The van der Waals surface area contributed by atoms with Gasteiger partial charge in [0.2, 0.25) is 11.8 Å². The Morgan fingerprint density at radius 3 is 1.35 bits per heavy atom. The molecule has 3 N–H and O–H groups in total. The molecule has 0 aliphatic carbocycles. The molecular weight excluding hydrogens is 326 g/mol. The van der Waals surface area contributed by atoms with Crippen LogP contribution in [0.4, 0.5) is 17.1 Å². The van der Waals surface area contributed by atoms with Crippen LogP contribution in [0.2, 0.25) is 0 Å². The Morgan fingerprint density at radius 1 is 0.692 bits per heavy atom. The fraction of sp³-hybridized carbons (Fsp3) is 0.619. The summed E-state index contributed by atoms with van der Waals surface area (Å²) >= 11 is 0. The minimum atomic E-state index is -0.496. The van der Waals surface area contributed by atoms with Crippen LogP contribution in [0.1, 0.15) is 62.3 Å². The van der Waals surface area contributed by atoms with Crippen molar-refractivity contribution in [1.82, 2.24) is 0 Å². The summed E-state index contributed by atoms with van der Waals surface area (Å²) in [5.74, 6) is -0.142. The monoisotopic (exact) mass is 361 g/mol. The van der Waals surface area contributed by atoms with E-state index in [9.17, 15) is 9.59 Å². The van der Waals surface area contributed by atoms with E-state index in [4.69, 9.17) is 0 Å². The molecule has 26 heavy (non-hydrogen) atoms. The average molecular weight is 362 g/mol. The van der Waals surface area contributed by atoms with E-state index >= 15 is 0 Å². The van der Waals surface area contributed by atoms with E-state index in [0.717, 1.165) is 12.2 Å². The minimum Gasteiger partial charge on any atom is -0.384 e. The highest BCUT2D eigenvalue weighted by Gasteiger charge is 2.23. The normalized spacial score (nSPS) is 12.5. The second kappa shape index (κ2) is 7.68. The molecule has 0 saturated carbocycles. The van der Waals surface area contributed by atoms with Crippen LogP contribution < -0.4 is 16.0 Å². The predicted molar refractivity (Wildman–Crippen MR) is 111 cm³/mol. The Bertz CT molecular complexity index is 613. The number of amides is 2. The summed E-state index contributed by atoms with van der Waals surface area (Å²) in [5.41, 5.74) is 1.30. The first-order chi connectivity index (χ1) is 11.6. The van der Waals surface area contributed by atoms with Crippen molar-refractivity contribution < 1.29 is 9.59 Å². The van der Waals surface area contributed by atoms with E-state index in [2.05, 4.69) is 36.7 Å². The van der Waals surface area contributed by atoms with Crippen LogP contribution in [-0.2, 0) is 9.59 Å². The largest absolute Gasteiger partial charge is 0.384 e. The summed E-state index contributed by atoms with van der Waals surface area (Å²) in [6.45, 7) is 18.4. The van der Waals surface area contributed by atoms with Crippen molar-refractivity contribution in [3.63, 3.8) is 0 Å². The zero-order valence-electron chi connectivity index (χ0n) is 17.8. The van der Waals surface area contributed by atoms with Gasteiger partial charge in [-0.1, -0.05) is 62.3 Å². The Labute approximate surface area is 158 Å². The summed E-state index contributed by atoms with van der Waals surface area (Å²) < 4.78 is 0. The van der Waals surface area contributed by atoms with E-state index in [-0.39, 0.29) is 17.2 Å². The molecule has 5 heteroatoms. The van der Waals surface area contributed by atoms with E-state index < -0.39 is 10.8 Å². The van der Waals surface area contributed by atoms with Crippen LogP contribution in [0, 0.1) is 16.2 Å². The highest BCUT2D eigenvalue weighted by atomic mass is 16.2. The number of hydrogen-bond donors (Lipinski definition) is 3. The van der Waals surface area contributed by atoms with Crippen molar-refractivity contribution in [3.8, 4) is 0 Å². The zero-order valence-corrected chi connectivity index (χ0v) is 17.8. The van der Waals surface area contributed by atoms with Crippen LogP contribution in [0.15, 0.2) is 18.2 Å². The zero-order chi connectivity index (χ0) is 20.3. The first-order valence-corrected chi connectivity index (χ1v) is 9.10. The van der Waals surface area contributed by atoms with Gasteiger partial charge in [0, 0.05) is 34.4 Å². The van der Waals surface area contributed by atoms with E-state index in [0.29, 0.717) is 11.4 Å². The molecule has 1 rings (SSSR count). The topological polar surface area (TPSA) is 70.2 Å². The Kier molecular flexibility index (Phi) is 6.50. The summed E-state index contributed by atoms with van der Waals surface area (Å²) in [6.07, 6.45) is 0. The number of benzene rings is 1. The molecule has 2 amide bonds. The smallest absolute Gasteiger partial charge is 0.229 e. The number of hydrogen-bond acceptors (Lipinski definition) is 3. The summed E-state index contributed by atoms with van der Waals surface area (Å²) in [5, 5.41) is 9.27. The van der Waals surface area contributed by atoms with Crippen LogP contribution in [0.25, 0.3) is 0 Å². The van der Waals surface area contributed by atoms with Gasteiger partial charge in [-0.05, 0) is 23.6 Å². The molecule has 1 aromatic carbocycles. The van der Waals surface area contributed by atoms with Gasteiger partial charge in [-0.25, -0.2) is 0 Å². The van der Waals surface area contributed by atoms with Gasteiger partial charge in [0.05, 0.1) is 0 Å². The molecule has 0 radical (unpaired) electrons. The lowest BCUT2D eigenvalue weighted by molar-refractivity contribution is -0.123. The molecule has 0 aliphatic rings. The third-order valence-electron chi connectivity index (χ3n) is 3.63. The number of anilines is 3. The number of carbonyl (C=O) groups is 2. The van der Waals surface area contributed by atoms with Crippen LogP contribution in [-0.4, -0.2) is 18.4 Å². The van der Waals surface area contributed by atoms with Gasteiger partial charge in [-0.2, -0.15) is 0 Å². The van der Waals surface area contributed by atoms with Crippen LogP contribution in [0.3, 0.4) is 0 Å². The molecule has 146 valence electrons. The second-order valence-electron chi connectivity index (χ2n) is 10.1. The summed E-state index contributed by atoms with van der Waals surface area (Å²) in [7, 11) is 0. The van der Waals surface area contributed by atoms with Crippen molar-refractivity contribution in [1.29, 1.82) is 0 Å². The van der Waals surface area contributed by atoms with Crippen molar-refractivity contribution in [2.24, 2.45) is 16.2 Å². The maximum atomic E-state index is 12.3. The fourth-order valence-electron chi connectivity index (χ4n) is 1.88. The van der Waals surface area contributed by atoms with Crippen molar-refractivity contribution >= 4 is 28.9 Å². The van der Waals surface area contributed by atoms with Gasteiger partial charge >= 0.3 is 0 Å². The van der Waals surface area contributed by atoms with Crippen LogP contribution in [0.5, 0.6) is 0 Å². The fourth-order valence-corrected chi connectivity index (χ4v) is 1.88. The summed E-state index contributed by atoms with van der Waals surface area (Å²) in [4.78, 5) is 24.7. The molecule has 0 aliphatic heterocycles. The number of rotatable bonds is 4.